The van der Waals surface area contributed by atoms with Crippen LogP contribution in [0.1, 0.15) is 32.5 Å². The lowest BCUT2D eigenvalue weighted by atomic mass is 9.88. The van der Waals surface area contributed by atoms with Gasteiger partial charge in [0.05, 0.1) is 19.9 Å². The number of aromatic carboxylic acids is 1. The van der Waals surface area contributed by atoms with Crippen molar-refractivity contribution in [2.45, 2.75) is 12.3 Å². The number of fused-ring (bicyclic) bond motifs is 1. The number of carbonyl (C=O) groups is 2. The molecule has 4 rings (SSSR count). The molecule has 0 saturated carbocycles. The first-order valence-electron chi connectivity index (χ1n) is 9.00. The van der Waals surface area contributed by atoms with E-state index in [-0.39, 0.29) is 23.1 Å². The Balaban J connectivity index is 1.89. The zero-order valence-corrected chi connectivity index (χ0v) is 16.7. The van der Waals surface area contributed by atoms with Crippen LogP contribution in [0.5, 0.6) is 11.5 Å². The van der Waals surface area contributed by atoms with Gasteiger partial charge in [-0.1, -0.05) is 24.3 Å². The molecule has 2 N–H and O–H groups in total. The molecule has 0 bridgehead atoms. The Morgan fingerprint density at radius 1 is 1.10 bits per heavy atom. The highest BCUT2D eigenvalue weighted by Crippen LogP contribution is 2.49. The highest BCUT2D eigenvalue weighted by Gasteiger charge is 2.34. The molecule has 1 aliphatic heterocycles. The van der Waals surface area contributed by atoms with Crippen LogP contribution in [0.2, 0.25) is 0 Å². The average molecular weight is 409 g/mol. The van der Waals surface area contributed by atoms with E-state index >= 15 is 0 Å². The molecule has 1 amide bonds. The SMILES string of the molecule is COc1ccc(-c2c(C(=O)O)sc3c2NC(=O)C[C@H]3c2cccc(OC)c2)cc1. The second kappa shape index (κ2) is 7.60. The number of anilines is 1. The van der Waals surface area contributed by atoms with Crippen molar-refractivity contribution in [3.8, 4) is 22.6 Å². The molecular formula is C22H19NO5S. The predicted molar refractivity (Wildman–Crippen MR) is 111 cm³/mol. The van der Waals surface area contributed by atoms with Gasteiger partial charge < -0.3 is 19.9 Å². The van der Waals surface area contributed by atoms with Crippen molar-refractivity contribution in [3.63, 3.8) is 0 Å². The van der Waals surface area contributed by atoms with Crippen LogP contribution >= 0.6 is 11.3 Å². The third-order valence-electron chi connectivity index (χ3n) is 4.98. The monoisotopic (exact) mass is 409 g/mol. The number of thiophene rings is 1. The molecule has 1 aromatic heterocycles. The minimum Gasteiger partial charge on any atom is -0.497 e. The molecule has 7 heteroatoms. The van der Waals surface area contributed by atoms with E-state index in [1.54, 1.807) is 38.5 Å². The summed E-state index contributed by atoms with van der Waals surface area (Å²) in [5, 5.41) is 12.7. The fourth-order valence-electron chi connectivity index (χ4n) is 3.60. The van der Waals surface area contributed by atoms with Gasteiger partial charge in [0.2, 0.25) is 5.91 Å². The number of nitrogens with one attached hydrogen (secondary N) is 1. The minimum atomic E-state index is -1.02. The predicted octanol–water partition coefficient (Wildman–Crippen LogP) is 4.60. The molecule has 6 nitrogen and oxygen atoms in total. The minimum absolute atomic E-state index is 0.144. The number of methoxy groups -OCH3 is 2. The molecule has 0 radical (unpaired) electrons. The molecular weight excluding hydrogens is 390 g/mol. The quantitative estimate of drug-likeness (QED) is 0.643. The normalized spacial score (nSPS) is 15.4. The van der Waals surface area contributed by atoms with E-state index in [4.69, 9.17) is 9.47 Å². The molecule has 2 heterocycles. The molecule has 0 spiro atoms. The summed E-state index contributed by atoms with van der Waals surface area (Å²) >= 11 is 1.21. The number of hydrogen-bond donors (Lipinski definition) is 2. The second-order valence-corrected chi connectivity index (χ2v) is 7.71. The molecule has 0 fully saturated rings. The maximum Gasteiger partial charge on any atom is 0.346 e. The first-order valence-corrected chi connectivity index (χ1v) is 9.81. The molecule has 148 valence electrons. The van der Waals surface area contributed by atoms with Gasteiger partial charge in [0.25, 0.3) is 0 Å². The average Bonchev–Trinajstić information content (AvgIpc) is 3.12. The fraction of sp³-hybridized carbons (Fsp3) is 0.182. The standard InChI is InChI=1S/C22H19NO5S/c1-27-14-8-6-12(7-9-14)18-19-20(29-21(18)22(25)26)16(11-17(24)23-19)13-4-3-5-15(10-13)28-2/h3-10,16H,11H2,1-2H3,(H,23,24)(H,25,26)/t16-/m0/s1. The van der Waals surface area contributed by atoms with Crippen LogP contribution in [0.4, 0.5) is 5.69 Å². The smallest absolute Gasteiger partial charge is 0.346 e. The molecule has 2 aromatic carbocycles. The Kier molecular flexibility index (Phi) is 4.98. The lowest BCUT2D eigenvalue weighted by molar-refractivity contribution is -0.116. The molecule has 0 unspecified atom stereocenters. The van der Waals surface area contributed by atoms with Crippen LogP contribution in [0, 0.1) is 0 Å². The Morgan fingerprint density at radius 2 is 1.83 bits per heavy atom. The van der Waals surface area contributed by atoms with Crippen LogP contribution in [-0.2, 0) is 4.79 Å². The highest BCUT2D eigenvalue weighted by molar-refractivity contribution is 7.15. The summed E-state index contributed by atoms with van der Waals surface area (Å²) in [6.07, 6.45) is 0.252. The van der Waals surface area contributed by atoms with Crippen LogP contribution in [0.3, 0.4) is 0 Å². The first-order chi connectivity index (χ1) is 14.0. The van der Waals surface area contributed by atoms with Crippen molar-refractivity contribution in [2.75, 3.05) is 19.5 Å². The molecule has 29 heavy (non-hydrogen) atoms. The molecule has 3 aromatic rings. The lowest BCUT2D eigenvalue weighted by Crippen LogP contribution is -2.22. The van der Waals surface area contributed by atoms with Gasteiger partial charge in [-0.25, -0.2) is 4.79 Å². The zero-order valence-electron chi connectivity index (χ0n) is 15.9. The summed E-state index contributed by atoms with van der Waals surface area (Å²) in [6, 6.07) is 14.7. The van der Waals surface area contributed by atoms with Crippen LogP contribution in [0.15, 0.2) is 48.5 Å². The van der Waals surface area contributed by atoms with Gasteiger partial charge in [-0.3, -0.25) is 4.79 Å². The molecule has 1 atom stereocenters. The Bertz CT molecular complexity index is 1090. The van der Waals surface area contributed by atoms with Gasteiger partial charge in [0, 0.05) is 22.8 Å². The fourth-order valence-corrected chi connectivity index (χ4v) is 4.84. The van der Waals surface area contributed by atoms with Crippen LogP contribution in [0.25, 0.3) is 11.1 Å². The van der Waals surface area contributed by atoms with Gasteiger partial charge >= 0.3 is 5.97 Å². The number of carbonyl (C=O) groups excluding carboxylic acids is 1. The van der Waals surface area contributed by atoms with E-state index in [1.165, 1.54) is 11.3 Å². The summed E-state index contributed by atoms with van der Waals surface area (Å²) in [7, 11) is 3.16. The number of amides is 1. The summed E-state index contributed by atoms with van der Waals surface area (Å²) in [5.41, 5.74) is 2.73. The molecule has 0 saturated heterocycles. The number of benzene rings is 2. The Morgan fingerprint density at radius 3 is 2.48 bits per heavy atom. The van der Waals surface area contributed by atoms with E-state index in [2.05, 4.69) is 5.32 Å². The number of hydrogen-bond acceptors (Lipinski definition) is 5. The van der Waals surface area contributed by atoms with Crippen molar-refractivity contribution < 1.29 is 24.2 Å². The van der Waals surface area contributed by atoms with Crippen molar-refractivity contribution in [3.05, 3.63) is 63.8 Å². The summed E-state index contributed by atoms with van der Waals surface area (Å²) in [4.78, 5) is 25.6. The van der Waals surface area contributed by atoms with Gasteiger partial charge in [0.15, 0.2) is 0 Å². The summed E-state index contributed by atoms with van der Waals surface area (Å²) < 4.78 is 10.5. The van der Waals surface area contributed by atoms with Crippen molar-refractivity contribution in [1.82, 2.24) is 0 Å². The number of ether oxygens (including phenoxy) is 2. The van der Waals surface area contributed by atoms with Crippen LogP contribution < -0.4 is 14.8 Å². The van der Waals surface area contributed by atoms with E-state index in [0.29, 0.717) is 28.3 Å². The van der Waals surface area contributed by atoms with Gasteiger partial charge in [-0.2, -0.15) is 0 Å². The maximum absolute atomic E-state index is 12.5. The Hall–Kier alpha value is -3.32. The number of rotatable bonds is 5. The van der Waals surface area contributed by atoms with Gasteiger partial charge in [-0.15, -0.1) is 11.3 Å². The Labute approximate surface area is 171 Å². The largest absolute Gasteiger partial charge is 0.497 e. The maximum atomic E-state index is 12.5. The van der Waals surface area contributed by atoms with Crippen molar-refractivity contribution in [2.24, 2.45) is 0 Å². The van der Waals surface area contributed by atoms with Crippen molar-refractivity contribution in [1.29, 1.82) is 0 Å². The van der Waals surface area contributed by atoms with Gasteiger partial charge in [-0.05, 0) is 35.4 Å². The summed E-state index contributed by atoms with van der Waals surface area (Å²) in [5.74, 6) is -0.0268. The van der Waals surface area contributed by atoms with E-state index in [0.717, 1.165) is 10.4 Å². The topological polar surface area (TPSA) is 84.9 Å². The second-order valence-electron chi connectivity index (χ2n) is 6.66. The third-order valence-corrected chi connectivity index (χ3v) is 6.27. The van der Waals surface area contributed by atoms with Crippen molar-refractivity contribution >= 4 is 28.9 Å². The zero-order chi connectivity index (χ0) is 20.5. The molecule has 0 aliphatic carbocycles. The first kappa shape index (κ1) is 19.0. The van der Waals surface area contributed by atoms with E-state index in [9.17, 15) is 14.7 Å². The van der Waals surface area contributed by atoms with E-state index < -0.39 is 5.97 Å². The summed E-state index contributed by atoms with van der Waals surface area (Å²) in [6.45, 7) is 0. The highest BCUT2D eigenvalue weighted by atomic mass is 32.1. The lowest BCUT2D eigenvalue weighted by Gasteiger charge is -2.24. The van der Waals surface area contributed by atoms with Crippen LogP contribution in [-0.4, -0.2) is 31.2 Å². The van der Waals surface area contributed by atoms with E-state index in [1.807, 2.05) is 24.3 Å². The molecule has 1 aliphatic rings. The number of carboxylic acid groups (broad SMARTS) is 1. The number of carboxylic acids is 1. The third kappa shape index (κ3) is 3.45. The van der Waals surface area contributed by atoms with Gasteiger partial charge in [0.1, 0.15) is 16.4 Å².